The molecule has 0 N–H and O–H groups in total. The third-order valence-corrected chi connectivity index (χ3v) is 5.44. The summed E-state index contributed by atoms with van der Waals surface area (Å²) in [6.45, 7) is 7.97. The molecular weight excluding hydrogens is 330 g/mol. The van der Waals surface area contributed by atoms with Crippen molar-refractivity contribution in [3.63, 3.8) is 0 Å². The monoisotopic (exact) mass is 349 g/mol. The molecule has 0 aliphatic rings. The fourth-order valence-corrected chi connectivity index (χ4v) is 3.63. The minimum atomic E-state index is -4.14. The van der Waals surface area contributed by atoms with Crippen molar-refractivity contribution in [3.8, 4) is 5.88 Å². The molecule has 128 valence electrons. The van der Waals surface area contributed by atoms with E-state index in [4.69, 9.17) is 4.18 Å². The van der Waals surface area contributed by atoms with Gasteiger partial charge in [0.2, 0.25) is 0 Å². The van der Waals surface area contributed by atoms with E-state index in [2.05, 4.69) is 15.2 Å². The smallest absolute Gasteiger partial charge is 0.354 e. The molecule has 3 rings (SSSR count). The summed E-state index contributed by atoms with van der Waals surface area (Å²) < 4.78 is 33.0. The van der Waals surface area contributed by atoms with Gasteiger partial charge >= 0.3 is 15.3 Å². The number of rotatable bonds is 3. The zero-order valence-corrected chi connectivity index (χ0v) is 15.3. The van der Waals surface area contributed by atoms with Crippen LogP contribution >= 0.6 is 0 Å². The summed E-state index contributed by atoms with van der Waals surface area (Å²) in [5, 5.41) is 8.36. The van der Waals surface area contributed by atoms with Crippen LogP contribution in [-0.4, -0.2) is 33.0 Å². The van der Waals surface area contributed by atoms with Crippen molar-refractivity contribution < 1.29 is 12.6 Å². The van der Waals surface area contributed by atoms with Gasteiger partial charge < -0.3 is 4.18 Å². The van der Waals surface area contributed by atoms with Crippen molar-refractivity contribution in [1.29, 1.82) is 0 Å². The van der Waals surface area contributed by atoms with Crippen LogP contribution in [0.5, 0.6) is 5.88 Å². The van der Waals surface area contributed by atoms with Crippen molar-refractivity contribution in [2.75, 3.05) is 0 Å². The Kier molecular flexibility index (Phi) is 3.63. The molecule has 2 aromatic heterocycles. The van der Waals surface area contributed by atoms with E-state index in [-0.39, 0.29) is 11.0 Å². The SMILES string of the molecule is Cc1c(C)c(C)c2c(c(OS(=O)(=O)c3ncn(C)n3)nn2C)c1C. The zero-order valence-electron chi connectivity index (χ0n) is 14.4. The Bertz CT molecular complexity index is 1060. The summed E-state index contributed by atoms with van der Waals surface area (Å²) in [6.07, 6.45) is 1.30. The number of benzene rings is 1. The number of nitrogens with zero attached hydrogens (tertiary/aromatic N) is 5. The lowest BCUT2D eigenvalue weighted by Gasteiger charge is -2.11. The molecule has 1 aromatic carbocycles. The molecule has 24 heavy (non-hydrogen) atoms. The van der Waals surface area contributed by atoms with Crippen LogP contribution in [0.25, 0.3) is 10.9 Å². The summed E-state index contributed by atoms with van der Waals surface area (Å²) >= 11 is 0. The first-order valence-corrected chi connectivity index (χ1v) is 8.77. The lowest BCUT2D eigenvalue weighted by atomic mass is 9.95. The maximum atomic E-state index is 12.4. The van der Waals surface area contributed by atoms with E-state index in [1.165, 1.54) is 11.0 Å². The average Bonchev–Trinajstić information content (AvgIpc) is 3.07. The summed E-state index contributed by atoms with van der Waals surface area (Å²) in [5.74, 6) is 0.0450. The van der Waals surface area contributed by atoms with Gasteiger partial charge in [0.05, 0.1) is 10.9 Å². The molecule has 0 radical (unpaired) electrons. The molecule has 0 aliphatic carbocycles. The maximum absolute atomic E-state index is 12.4. The van der Waals surface area contributed by atoms with Crippen LogP contribution in [0.3, 0.4) is 0 Å². The van der Waals surface area contributed by atoms with Crippen LogP contribution in [0.15, 0.2) is 11.5 Å². The Balaban J connectivity index is 2.22. The number of hydrogen-bond acceptors (Lipinski definition) is 6. The van der Waals surface area contributed by atoms with E-state index < -0.39 is 10.1 Å². The highest BCUT2D eigenvalue weighted by Crippen LogP contribution is 2.35. The topological polar surface area (TPSA) is 91.9 Å². The van der Waals surface area contributed by atoms with Gasteiger partial charge in [-0.3, -0.25) is 9.36 Å². The van der Waals surface area contributed by atoms with Crippen LogP contribution in [0.2, 0.25) is 0 Å². The molecule has 0 fully saturated rings. The maximum Gasteiger partial charge on any atom is 0.378 e. The van der Waals surface area contributed by atoms with Gasteiger partial charge in [-0.2, -0.15) is 8.42 Å². The summed E-state index contributed by atoms with van der Waals surface area (Å²) in [6, 6.07) is 0. The van der Waals surface area contributed by atoms with Crippen LogP contribution < -0.4 is 4.18 Å². The van der Waals surface area contributed by atoms with Crippen molar-refractivity contribution >= 4 is 21.0 Å². The molecular formula is C15H19N5O3S. The van der Waals surface area contributed by atoms with Gasteiger partial charge in [-0.1, -0.05) is 0 Å². The van der Waals surface area contributed by atoms with Crippen molar-refractivity contribution in [3.05, 3.63) is 28.6 Å². The summed E-state index contributed by atoms with van der Waals surface area (Å²) in [4.78, 5) is 3.75. The van der Waals surface area contributed by atoms with Gasteiger partial charge in [0.25, 0.3) is 5.88 Å². The molecule has 0 saturated carbocycles. The highest BCUT2D eigenvalue weighted by molar-refractivity contribution is 7.86. The third kappa shape index (κ3) is 2.35. The second-order valence-corrected chi connectivity index (χ2v) is 7.33. The molecule has 0 aliphatic heterocycles. The van der Waals surface area contributed by atoms with Gasteiger partial charge in [0, 0.05) is 14.1 Å². The lowest BCUT2D eigenvalue weighted by molar-refractivity contribution is 0.464. The minimum Gasteiger partial charge on any atom is -0.354 e. The van der Waals surface area contributed by atoms with Gasteiger partial charge in [-0.25, -0.2) is 4.98 Å². The van der Waals surface area contributed by atoms with Gasteiger partial charge in [-0.15, -0.1) is 10.2 Å². The predicted octanol–water partition coefficient (Wildman–Crippen LogP) is 1.70. The first-order chi connectivity index (χ1) is 11.1. The number of hydrogen-bond donors (Lipinski definition) is 0. The first-order valence-electron chi connectivity index (χ1n) is 7.36. The average molecular weight is 349 g/mol. The molecule has 8 nitrogen and oxygen atoms in total. The molecule has 0 amide bonds. The molecule has 0 spiro atoms. The standard InChI is InChI=1S/C15H19N5O3S/c1-8-9(2)11(4)13-12(10(8)3)14(17-20(13)6)23-24(21,22)15-16-7-19(5)18-15/h7H,1-6H3. The largest absolute Gasteiger partial charge is 0.378 e. The van der Waals surface area contributed by atoms with E-state index >= 15 is 0 Å². The highest BCUT2D eigenvalue weighted by Gasteiger charge is 2.27. The summed E-state index contributed by atoms with van der Waals surface area (Å²) in [5.41, 5.74) is 5.09. The Labute approximate surface area is 140 Å². The van der Waals surface area contributed by atoms with E-state index in [1.807, 2.05) is 27.7 Å². The van der Waals surface area contributed by atoms with Crippen LogP contribution in [-0.2, 0) is 24.2 Å². The van der Waals surface area contributed by atoms with Crippen molar-refractivity contribution in [2.45, 2.75) is 32.9 Å². The molecule has 0 bridgehead atoms. The molecule has 3 aromatic rings. The van der Waals surface area contributed by atoms with Crippen LogP contribution in [0.1, 0.15) is 22.3 Å². The van der Waals surface area contributed by atoms with Crippen molar-refractivity contribution in [2.24, 2.45) is 14.1 Å². The Morgan fingerprint density at radius 2 is 1.58 bits per heavy atom. The van der Waals surface area contributed by atoms with E-state index in [9.17, 15) is 8.42 Å². The normalized spacial score (nSPS) is 12.1. The molecule has 9 heteroatoms. The molecule has 0 saturated heterocycles. The van der Waals surface area contributed by atoms with E-state index in [0.717, 1.165) is 27.8 Å². The number of fused-ring (bicyclic) bond motifs is 1. The quantitative estimate of drug-likeness (QED) is 0.668. The Hall–Kier alpha value is -2.42. The van der Waals surface area contributed by atoms with Crippen LogP contribution in [0.4, 0.5) is 0 Å². The number of aryl methyl sites for hydroxylation is 4. The van der Waals surface area contributed by atoms with E-state index in [0.29, 0.717) is 5.39 Å². The first kappa shape index (κ1) is 16.4. The Morgan fingerprint density at radius 3 is 2.17 bits per heavy atom. The Morgan fingerprint density at radius 1 is 0.958 bits per heavy atom. The molecule has 0 atom stereocenters. The fraction of sp³-hybridized carbons (Fsp3) is 0.400. The third-order valence-electron chi connectivity index (χ3n) is 4.42. The van der Waals surface area contributed by atoms with E-state index in [1.54, 1.807) is 18.8 Å². The second-order valence-electron chi connectivity index (χ2n) is 5.89. The highest BCUT2D eigenvalue weighted by atomic mass is 32.2. The van der Waals surface area contributed by atoms with Crippen LogP contribution in [0, 0.1) is 27.7 Å². The molecule has 2 heterocycles. The minimum absolute atomic E-state index is 0.0450. The predicted molar refractivity (Wildman–Crippen MR) is 88.5 cm³/mol. The van der Waals surface area contributed by atoms with Crippen molar-refractivity contribution in [1.82, 2.24) is 24.5 Å². The van der Waals surface area contributed by atoms with Gasteiger partial charge in [-0.05, 0) is 49.9 Å². The zero-order chi connectivity index (χ0) is 17.8. The fourth-order valence-electron chi connectivity index (χ4n) is 2.83. The number of aromatic nitrogens is 5. The second kappa shape index (κ2) is 5.30. The molecule has 0 unspecified atom stereocenters. The summed E-state index contributed by atoms with van der Waals surface area (Å²) in [7, 11) is -0.791. The lowest BCUT2D eigenvalue weighted by Crippen LogP contribution is -2.13. The van der Waals surface area contributed by atoms with Gasteiger partial charge in [0.1, 0.15) is 6.33 Å². The van der Waals surface area contributed by atoms with Gasteiger partial charge in [0.15, 0.2) is 0 Å².